The Kier molecular flexibility index (Phi) is 5.42. The molecule has 17 heavy (non-hydrogen) atoms. The lowest BCUT2D eigenvalue weighted by Crippen LogP contribution is -2.37. The van der Waals surface area contributed by atoms with Crippen molar-refractivity contribution >= 4 is 11.6 Å². The maximum atomic E-state index is 11.6. The first-order chi connectivity index (χ1) is 8.22. The van der Waals surface area contributed by atoms with Crippen LogP contribution in [0.25, 0.3) is 0 Å². The summed E-state index contributed by atoms with van der Waals surface area (Å²) in [5, 5.41) is 2.79. The molecule has 5 heteroatoms. The number of pyridine rings is 1. The Labute approximate surface area is 102 Å². The second-order valence-electron chi connectivity index (χ2n) is 3.68. The van der Waals surface area contributed by atoms with E-state index in [9.17, 15) is 4.79 Å². The molecule has 0 fully saturated rings. The van der Waals surface area contributed by atoms with Crippen molar-refractivity contribution in [1.29, 1.82) is 0 Å². The molecule has 3 N–H and O–H groups in total. The van der Waals surface area contributed by atoms with Gasteiger partial charge < -0.3 is 16.0 Å². The van der Waals surface area contributed by atoms with Crippen LogP contribution >= 0.6 is 0 Å². The standard InChI is InChI=1S/C12H20N4O/c1-3-15-12(17)9-16(4-2)11-8-14-6-5-10(11)7-13/h5-6,8H,3-4,7,9,13H2,1-2H3,(H,15,17). The number of carbonyl (C=O) groups excluding carboxylic acids is 1. The Balaban J connectivity index is 2.82. The normalized spacial score (nSPS) is 10.1. The van der Waals surface area contributed by atoms with Gasteiger partial charge in [-0.1, -0.05) is 0 Å². The summed E-state index contributed by atoms with van der Waals surface area (Å²) in [6.07, 6.45) is 3.47. The third kappa shape index (κ3) is 3.71. The zero-order valence-electron chi connectivity index (χ0n) is 10.4. The van der Waals surface area contributed by atoms with Crippen LogP contribution < -0.4 is 16.0 Å². The van der Waals surface area contributed by atoms with E-state index in [0.29, 0.717) is 19.6 Å². The molecule has 0 aliphatic heterocycles. The minimum atomic E-state index is 0.0150. The molecule has 0 atom stereocenters. The summed E-state index contributed by atoms with van der Waals surface area (Å²) in [5.74, 6) is 0.0150. The predicted octanol–water partition coefficient (Wildman–Crippen LogP) is 0.503. The highest BCUT2D eigenvalue weighted by atomic mass is 16.2. The van der Waals surface area contributed by atoms with Gasteiger partial charge in [-0.25, -0.2) is 0 Å². The second kappa shape index (κ2) is 6.85. The van der Waals surface area contributed by atoms with Gasteiger partial charge in [-0.15, -0.1) is 0 Å². The van der Waals surface area contributed by atoms with Gasteiger partial charge in [0.05, 0.1) is 18.4 Å². The number of hydrogen-bond acceptors (Lipinski definition) is 4. The number of nitrogens with one attached hydrogen (secondary N) is 1. The Hall–Kier alpha value is -1.62. The highest BCUT2D eigenvalue weighted by Gasteiger charge is 2.12. The van der Waals surface area contributed by atoms with Crippen molar-refractivity contribution in [3.05, 3.63) is 24.0 Å². The maximum Gasteiger partial charge on any atom is 0.239 e. The maximum absolute atomic E-state index is 11.6. The van der Waals surface area contributed by atoms with E-state index in [1.54, 1.807) is 12.4 Å². The van der Waals surface area contributed by atoms with E-state index in [-0.39, 0.29) is 5.91 Å². The molecule has 1 aromatic rings. The lowest BCUT2D eigenvalue weighted by Gasteiger charge is -2.24. The monoisotopic (exact) mass is 236 g/mol. The number of aromatic nitrogens is 1. The van der Waals surface area contributed by atoms with Crippen molar-refractivity contribution in [3.63, 3.8) is 0 Å². The zero-order chi connectivity index (χ0) is 12.7. The molecule has 0 radical (unpaired) electrons. The first-order valence-corrected chi connectivity index (χ1v) is 5.87. The molecule has 0 saturated carbocycles. The number of nitrogens with zero attached hydrogens (tertiary/aromatic N) is 2. The van der Waals surface area contributed by atoms with Gasteiger partial charge in [-0.05, 0) is 25.5 Å². The Morgan fingerprint density at radius 1 is 1.53 bits per heavy atom. The summed E-state index contributed by atoms with van der Waals surface area (Å²) in [7, 11) is 0. The molecule has 0 spiro atoms. The Morgan fingerprint density at radius 3 is 2.88 bits per heavy atom. The van der Waals surface area contributed by atoms with Gasteiger partial charge in [0.25, 0.3) is 0 Å². The number of hydrogen-bond donors (Lipinski definition) is 2. The number of rotatable bonds is 6. The molecule has 1 rings (SSSR count). The molecular formula is C12H20N4O. The van der Waals surface area contributed by atoms with Crippen LogP contribution in [-0.2, 0) is 11.3 Å². The lowest BCUT2D eigenvalue weighted by molar-refractivity contribution is -0.119. The first-order valence-electron chi connectivity index (χ1n) is 5.87. The minimum absolute atomic E-state index is 0.0150. The van der Waals surface area contributed by atoms with Crippen molar-refractivity contribution < 1.29 is 4.79 Å². The molecule has 0 aromatic carbocycles. The highest BCUT2D eigenvalue weighted by Crippen LogP contribution is 2.17. The first kappa shape index (κ1) is 13.4. The van der Waals surface area contributed by atoms with Crippen LogP contribution in [-0.4, -0.2) is 30.5 Å². The SMILES string of the molecule is CCNC(=O)CN(CC)c1cnccc1CN. The van der Waals surface area contributed by atoms with Gasteiger partial charge in [0, 0.05) is 25.8 Å². The molecular weight excluding hydrogens is 216 g/mol. The quantitative estimate of drug-likeness (QED) is 0.754. The van der Waals surface area contributed by atoms with E-state index in [1.165, 1.54) is 0 Å². The summed E-state index contributed by atoms with van der Waals surface area (Å²) < 4.78 is 0. The van der Waals surface area contributed by atoms with Crippen molar-refractivity contribution in [2.75, 3.05) is 24.5 Å². The van der Waals surface area contributed by atoms with Crippen LogP contribution in [0.3, 0.4) is 0 Å². The molecule has 0 saturated heterocycles. The number of nitrogens with two attached hydrogens (primary N) is 1. The summed E-state index contributed by atoms with van der Waals surface area (Å²) in [4.78, 5) is 17.6. The average Bonchev–Trinajstić information content (AvgIpc) is 2.36. The number of likely N-dealkylation sites (N-methyl/N-ethyl adjacent to an activating group) is 2. The lowest BCUT2D eigenvalue weighted by atomic mass is 10.2. The van der Waals surface area contributed by atoms with Crippen molar-refractivity contribution in [3.8, 4) is 0 Å². The topological polar surface area (TPSA) is 71.2 Å². The third-order valence-electron chi connectivity index (χ3n) is 2.54. The summed E-state index contributed by atoms with van der Waals surface area (Å²) >= 11 is 0. The Bertz CT molecular complexity index is 367. The molecule has 94 valence electrons. The van der Waals surface area contributed by atoms with Crippen molar-refractivity contribution in [2.45, 2.75) is 20.4 Å². The summed E-state index contributed by atoms with van der Waals surface area (Å²) in [6.45, 7) is 6.09. The van der Waals surface area contributed by atoms with E-state index < -0.39 is 0 Å². The average molecular weight is 236 g/mol. The predicted molar refractivity (Wildman–Crippen MR) is 68.7 cm³/mol. The van der Waals surface area contributed by atoms with Gasteiger partial charge in [0.2, 0.25) is 5.91 Å². The van der Waals surface area contributed by atoms with Crippen LogP contribution in [0.2, 0.25) is 0 Å². The minimum Gasteiger partial charge on any atom is -0.361 e. The molecule has 0 aliphatic carbocycles. The number of amides is 1. The smallest absolute Gasteiger partial charge is 0.239 e. The Morgan fingerprint density at radius 2 is 2.29 bits per heavy atom. The number of anilines is 1. The van der Waals surface area contributed by atoms with E-state index >= 15 is 0 Å². The molecule has 0 aliphatic rings. The van der Waals surface area contributed by atoms with E-state index in [4.69, 9.17) is 5.73 Å². The fourth-order valence-corrected chi connectivity index (χ4v) is 1.67. The summed E-state index contributed by atoms with van der Waals surface area (Å²) in [6, 6.07) is 1.88. The van der Waals surface area contributed by atoms with Crippen molar-refractivity contribution in [2.24, 2.45) is 5.73 Å². The second-order valence-corrected chi connectivity index (χ2v) is 3.68. The van der Waals surface area contributed by atoms with E-state index in [1.807, 2.05) is 24.8 Å². The molecule has 0 unspecified atom stereocenters. The van der Waals surface area contributed by atoms with Gasteiger partial charge in [-0.2, -0.15) is 0 Å². The van der Waals surface area contributed by atoms with Gasteiger partial charge in [-0.3, -0.25) is 9.78 Å². The molecule has 5 nitrogen and oxygen atoms in total. The van der Waals surface area contributed by atoms with Crippen LogP contribution in [0.5, 0.6) is 0 Å². The van der Waals surface area contributed by atoms with E-state index in [0.717, 1.165) is 17.8 Å². The van der Waals surface area contributed by atoms with Gasteiger partial charge in [0.15, 0.2) is 0 Å². The van der Waals surface area contributed by atoms with Crippen LogP contribution in [0.4, 0.5) is 5.69 Å². The van der Waals surface area contributed by atoms with Crippen molar-refractivity contribution in [1.82, 2.24) is 10.3 Å². The molecule has 0 bridgehead atoms. The van der Waals surface area contributed by atoms with Gasteiger partial charge >= 0.3 is 0 Å². The fourth-order valence-electron chi connectivity index (χ4n) is 1.67. The largest absolute Gasteiger partial charge is 0.361 e. The molecule has 1 aromatic heterocycles. The van der Waals surface area contributed by atoms with Crippen LogP contribution in [0, 0.1) is 0 Å². The van der Waals surface area contributed by atoms with Crippen LogP contribution in [0.15, 0.2) is 18.5 Å². The summed E-state index contributed by atoms with van der Waals surface area (Å²) in [5.41, 5.74) is 7.62. The highest BCUT2D eigenvalue weighted by molar-refractivity contribution is 5.81. The molecule has 1 heterocycles. The molecule has 1 amide bonds. The van der Waals surface area contributed by atoms with Crippen LogP contribution in [0.1, 0.15) is 19.4 Å². The zero-order valence-corrected chi connectivity index (χ0v) is 10.4. The van der Waals surface area contributed by atoms with E-state index in [2.05, 4.69) is 10.3 Å². The third-order valence-corrected chi connectivity index (χ3v) is 2.54. The number of carbonyl (C=O) groups is 1. The fraction of sp³-hybridized carbons (Fsp3) is 0.500. The van der Waals surface area contributed by atoms with Gasteiger partial charge in [0.1, 0.15) is 0 Å².